The molecule has 186 valence electrons. The molecule has 0 aromatic rings. The summed E-state index contributed by atoms with van der Waals surface area (Å²) in [6.07, 6.45) is -1.09. The smallest absolute Gasteiger partial charge is 0.303 e. The number of hydrogen-bond acceptors (Lipinski definition) is 7. The third kappa shape index (κ3) is 6.52. The third-order valence-electron chi connectivity index (χ3n) is 7.08. The van der Waals surface area contributed by atoms with Crippen molar-refractivity contribution in [1.82, 2.24) is 0 Å². The summed E-state index contributed by atoms with van der Waals surface area (Å²) in [7, 11) is 0. The van der Waals surface area contributed by atoms with Crippen molar-refractivity contribution in [2.24, 2.45) is 33.9 Å². The first-order valence-electron chi connectivity index (χ1n) is 11.9. The first kappa shape index (κ1) is 27.2. The normalized spacial score (nSPS) is 38.8. The van der Waals surface area contributed by atoms with Crippen LogP contribution in [0.15, 0.2) is 10.2 Å². The molecule has 4 unspecified atom stereocenters. The number of azide groups is 2. The molecule has 33 heavy (non-hydrogen) atoms. The fourth-order valence-corrected chi connectivity index (χ4v) is 5.20. The first-order chi connectivity index (χ1) is 15.7. The maximum atomic E-state index is 11.8. The Bertz CT molecular complexity index is 754. The highest BCUT2D eigenvalue weighted by molar-refractivity contribution is 5.66. The molecule has 2 rings (SSSR count). The third-order valence-corrected chi connectivity index (χ3v) is 7.08. The van der Waals surface area contributed by atoms with Crippen LogP contribution in [0.1, 0.15) is 67.2 Å². The van der Waals surface area contributed by atoms with Crippen molar-refractivity contribution in [2.45, 2.75) is 110 Å². The minimum atomic E-state index is -1.22. The van der Waals surface area contributed by atoms with E-state index in [0.29, 0.717) is 6.42 Å². The van der Waals surface area contributed by atoms with Gasteiger partial charge in [0, 0.05) is 16.7 Å². The highest BCUT2D eigenvalue weighted by Crippen LogP contribution is 2.40. The number of aliphatic hydroxyl groups excluding tert-OH is 1. The molecule has 2 fully saturated rings. The van der Waals surface area contributed by atoms with Gasteiger partial charge in [-0.15, -0.1) is 0 Å². The lowest BCUT2D eigenvalue weighted by molar-refractivity contribution is -0.280. The molecule has 10 atom stereocenters. The molecular weight excluding hydrogens is 428 g/mol. The predicted octanol–water partition coefficient (Wildman–Crippen LogP) is 4.89. The van der Waals surface area contributed by atoms with Crippen molar-refractivity contribution < 1.29 is 24.1 Å². The summed E-state index contributed by atoms with van der Waals surface area (Å²) >= 11 is 0. The van der Waals surface area contributed by atoms with Crippen LogP contribution in [0.25, 0.3) is 20.9 Å². The molecule has 0 aromatic heterocycles. The Morgan fingerprint density at radius 1 is 1.18 bits per heavy atom. The fourth-order valence-electron chi connectivity index (χ4n) is 5.20. The molecule has 11 nitrogen and oxygen atoms in total. The second-order valence-corrected chi connectivity index (χ2v) is 9.70. The quantitative estimate of drug-likeness (QED) is 0.221. The average molecular weight is 467 g/mol. The maximum Gasteiger partial charge on any atom is 0.303 e. The zero-order chi connectivity index (χ0) is 24.7. The largest absolute Gasteiger partial charge is 0.459 e. The van der Waals surface area contributed by atoms with Crippen molar-refractivity contribution in [3.63, 3.8) is 0 Å². The molecule has 1 heterocycles. The van der Waals surface area contributed by atoms with Crippen LogP contribution in [-0.2, 0) is 19.0 Å². The average Bonchev–Trinajstić information content (AvgIpc) is 2.75. The molecular formula is C22H38N6O5. The molecule has 1 N–H and O–H groups in total. The molecule has 0 spiro atoms. The van der Waals surface area contributed by atoms with Crippen LogP contribution in [0.5, 0.6) is 0 Å². The van der Waals surface area contributed by atoms with E-state index >= 15 is 0 Å². The number of ether oxygens (including phenoxy) is 3. The van der Waals surface area contributed by atoms with Gasteiger partial charge in [0.2, 0.25) is 0 Å². The maximum absolute atomic E-state index is 11.8. The van der Waals surface area contributed by atoms with Crippen molar-refractivity contribution in [3.05, 3.63) is 20.9 Å². The highest BCUT2D eigenvalue weighted by atomic mass is 16.7. The topological polar surface area (TPSA) is 163 Å². The van der Waals surface area contributed by atoms with Crippen LogP contribution >= 0.6 is 0 Å². The Morgan fingerprint density at radius 2 is 1.85 bits per heavy atom. The van der Waals surface area contributed by atoms with Gasteiger partial charge in [0.05, 0.1) is 24.3 Å². The number of rotatable bonds is 9. The summed E-state index contributed by atoms with van der Waals surface area (Å²) in [4.78, 5) is 17.7. The lowest BCUT2D eigenvalue weighted by Gasteiger charge is -2.48. The number of aliphatic hydroxyl groups is 1. The van der Waals surface area contributed by atoms with Crippen LogP contribution in [0.3, 0.4) is 0 Å². The van der Waals surface area contributed by atoms with E-state index in [0.717, 1.165) is 19.3 Å². The van der Waals surface area contributed by atoms with E-state index in [-0.39, 0.29) is 29.8 Å². The molecule has 1 saturated carbocycles. The zero-order valence-electron chi connectivity index (χ0n) is 20.4. The lowest BCUT2D eigenvalue weighted by atomic mass is 9.76. The van der Waals surface area contributed by atoms with E-state index in [1.165, 1.54) is 6.92 Å². The highest BCUT2D eigenvalue weighted by Gasteiger charge is 2.50. The Hall–Kier alpha value is -2.03. The van der Waals surface area contributed by atoms with E-state index in [1.807, 2.05) is 20.8 Å². The molecule has 1 aliphatic heterocycles. The molecule has 0 amide bonds. The van der Waals surface area contributed by atoms with E-state index in [9.17, 15) is 9.90 Å². The van der Waals surface area contributed by atoms with Gasteiger partial charge in [-0.1, -0.05) is 57.7 Å². The van der Waals surface area contributed by atoms with Gasteiger partial charge in [0.25, 0.3) is 0 Å². The summed E-state index contributed by atoms with van der Waals surface area (Å²) in [5.41, 5.74) is 18.3. The van der Waals surface area contributed by atoms with Gasteiger partial charge in [-0.25, -0.2) is 0 Å². The van der Waals surface area contributed by atoms with Gasteiger partial charge in [-0.2, -0.15) is 0 Å². The molecule has 11 heteroatoms. The van der Waals surface area contributed by atoms with Gasteiger partial charge in [0.1, 0.15) is 12.2 Å². The van der Waals surface area contributed by atoms with Crippen LogP contribution < -0.4 is 0 Å². The van der Waals surface area contributed by atoms with E-state index in [1.54, 1.807) is 0 Å². The SMILES string of the molecule is CCCC[C@@H]1CC(N=[N+]=[N-])[C@@H](O[C@H]2OC(C(C)C)[C@@H](C)[C@H](C)C2N=[N+]=[N-])[C@H](O)C1OC(C)=O. The number of carbonyl (C=O) groups is 1. The van der Waals surface area contributed by atoms with E-state index < -0.39 is 42.7 Å². The number of hydrogen-bond donors (Lipinski definition) is 1. The van der Waals surface area contributed by atoms with Gasteiger partial charge in [-0.05, 0) is 47.6 Å². The number of carbonyl (C=O) groups excluding carboxylic acids is 1. The van der Waals surface area contributed by atoms with Gasteiger partial charge >= 0.3 is 5.97 Å². The molecule has 0 aromatic carbocycles. The summed E-state index contributed by atoms with van der Waals surface area (Å²) < 4.78 is 18.0. The second-order valence-electron chi connectivity index (χ2n) is 9.70. The number of unbranched alkanes of at least 4 members (excludes halogenated alkanes) is 1. The standard InChI is InChI=1S/C22H38N6O5/c1-7-8-9-15-10-16(25-27-23)21(18(30)20(15)31-14(6)29)33-22-17(26-28-24)12(4)13(5)19(32-22)11(2)3/h11-13,15-22,30H,7-10H2,1-6H3/t12-,13-,15+,16?,17?,18+,19?,20?,21+,22+/m0/s1. The molecule has 0 bridgehead atoms. The fraction of sp³-hybridized carbons (Fsp3) is 0.955. The van der Waals surface area contributed by atoms with E-state index in [2.05, 4.69) is 33.9 Å². The van der Waals surface area contributed by atoms with Crippen molar-refractivity contribution >= 4 is 5.97 Å². The Kier molecular flexibility index (Phi) is 10.3. The van der Waals surface area contributed by atoms with Crippen molar-refractivity contribution in [2.75, 3.05) is 0 Å². The van der Waals surface area contributed by atoms with Crippen LogP contribution in [0, 0.1) is 23.7 Å². The van der Waals surface area contributed by atoms with Crippen molar-refractivity contribution in [1.29, 1.82) is 0 Å². The second kappa shape index (κ2) is 12.4. The predicted molar refractivity (Wildman–Crippen MR) is 122 cm³/mol. The Balaban J connectivity index is 2.37. The molecule has 1 aliphatic carbocycles. The van der Waals surface area contributed by atoms with Crippen LogP contribution in [-0.4, -0.2) is 53.9 Å². The molecule has 0 radical (unpaired) electrons. The molecule has 2 aliphatic rings. The number of esters is 1. The Labute approximate surface area is 195 Å². The summed E-state index contributed by atoms with van der Waals surface area (Å²) in [6, 6.07) is -1.30. The summed E-state index contributed by atoms with van der Waals surface area (Å²) in [5, 5.41) is 19.1. The summed E-state index contributed by atoms with van der Waals surface area (Å²) in [5.74, 6) is -0.382. The van der Waals surface area contributed by atoms with Crippen LogP contribution in [0.2, 0.25) is 0 Å². The first-order valence-corrected chi connectivity index (χ1v) is 11.9. The number of nitrogens with zero attached hydrogens (tertiary/aromatic N) is 6. The zero-order valence-corrected chi connectivity index (χ0v) is 20.4. The van der Waals surface area contributed by atoms with Gasteiger partial charge < -0.3 is 19.3 Å². The van der Waals surface area contributed by atoms with E-state index in [4.69, 9.17) is 25.3 Å². The lowest BCUT2D eigenvalue weighted by Crippen LogP contribution is -2.59. The summed E-state index contributed by atoms with van der Waals surface area (Å²) in [6.45, 7) is 11.5. The van der Waals surface area contributed by atoms with Crippen molar-refractivity contribution in [3.8, 4) is 0 Å². The minimum Gasteiger partial charge on any atom is -0.459 e. The monoisotopic (exact) mass is 466 g/mol. The Morgan fingerprint density at radius 3 is 2.39 bits per heavy atom. The van der Waals surface area contributed by atoms with Gasteiger partial charge in [-0.3, -0.25) is 4.79 Å². The molecule has 1 saturated heterocycles. The van der Waals surface area contributed by atoms with Gasteiger partial charge in [0.15, 0.2) is 6.29 Å². The van der Waals surface area contributed by atoms with Crippen LogP contribution in [0.4, 0.5) is 0 Å². The minimum absolute atomic E-state index is 0.0349.